The quantitative estimate of drug-likeness (QED) is 0.183. The van der Waals surface area contributed by atoms with E-state index in [-0.39, 0.29) is 33.8 Å². The molecule has 40 heavy (non-hydrogen) atoms. The molecule has 0 fully saturated rings. The minimum Gasteiger partial charge on any atom is -0.545 e. The first-order valence-corrected chi connectivity index (χ1v) is 10.7. The Morgan fingerprint density at radius 2 is 0.675 bits per heavy atom. The van der Waals surface area contributed by atoms with E-state index in [4.69, 9.17) is 14.4 Å². The van der Waals surface area contributed by atoms with Crippen LogP contribution in [0.5, 0.6) is 0 Å². The zero-order chi connectivity index (χ0) is 32.1. The van der Waals surface area contributed by atoms with Crippen LogP contribution in [0, 0.1) is 0 Å². The summed E-state index contributed by atoms with van der Waals surface area (Å²) in [5, 5.41) is 30.3. The van der Waals surface area contributed by atoms with Crippen LogP contribution in [-0.2, 0) is 45.8 Å². The topological polar surface area (TPSA) is 172 Å². The predicted octanol–water partition coefficient (Wildman–Crippen LogP) is 1.25. The molecule has 0 aliphatic carbocycles. The largest absolute Gasteiger partial charge is 3.00 e. The van der Waals surface area contributed by atoms with Crippen LogP contribution in [0.25, 0.3) is 0 Å². The van der Waals surface area contributed by atoms with Crippen LogP contribution in [-0.4, -0.2) is 38.3 Å². The van der Waals surface area contributed by atoms with Gasteiger partial charge in [0, 0.05) is 0 Å². The molecule has 0 unspecified atom stereocenters. The van der Waals surface area contributed by atoms with Crippen molar-refractivity contribution in [3.05, 3.63) is 109 Å². The number of hydrogen-bond acceptors (Lipinski definition) is 9. The smallest absolute Gasteiger partial charge is 0.545 e. The average Bonchev–Trinajstić information content (AvgIpc) is 2.95. The molecule has 0 saturated carbocycles. The first-order valence-electron chi connectivity index (χ1n) is 10.7. The standard InChI is InChI=1S/3C9H12O2.3CO.Fe/c3*1-3-4-5-6-7-8(2)9(10)11;3*1-2;/h3*3-6H,2,7H2,1H3,(H,10,11);;;;/q;;;;;;+3/p-3. The van der Waals surface area contributed by atoms with Crippen LogP contribution in [0.1, 0.15) is 40.0 Å². The molecule has 0 aromatic heterocycles. The monoisotopic (exact) mass is 593 g/mol. The van der Waals surface area contributed by atoms with E-state index in [2.05, 4.69) is 40.1 Å². The van der Waals surface area contributed by atoms with Crippen molar-refractivity contribution in [3.8, 4) is 0 Å². The van der Waals surface area contributed by atoms with Crippen molar-refractivity contribution in [2.24, 2.45) is 0 Å². The summed E-state index contributed by atoms with van der Waals surface area (Å²) in [6.45, 7) is 29.1. The van der Waals surface area contributed by atoms with Crippen LogP contribution in [0.4, 0.5) is 0 Å². The Morgan fingerprint density at radius 3 is 0.800 bits per heavy atom. The molecule has 7 radical (unpaired) electrons. The minimum absolute atomic E-state index is 0. The molecule has 0 aliphatic heterocycles. The second kappa shape index (κ2) is 47.8. The van der Waals surface area contributed by atoms with Gasteiger partial charge in [0.1, 0.15) is 0 Å². The first-order chi connectivity index (χ1) is 18.5. The molecular weight excluding hydrogens is 560 g/mol. The molecule has 0 spiro atoms. The van der Waals surface area contributed by atoms with Crippen molar-refractivity contribution < 1.29 is 61.2 Å². The predicted molar refractivity (Wildman–Crippen MR) is 145 cm³/mol. The fourth-order valence-corrected chi connectivity index (χ4v) is 1.45. The number of carboxylic acids is 3. The Hall–Kier alpha value is -4.40. The maximum absolute atomic E-state index is 10.1. The van der Waals surface area contributed by atoms with E-state index < -0.39 is 17.9 Å². The van der Waals surface area contributed by atoms with E-state index in [1.807, 2.05) is 57.2 Å². The third-order valence-corrected chi connectivity index (χ3v) is 3.28. The van der Waals surface area contributed by atoms with E-state index in [1.54, 1.807) is 36.5 Å². The Morgan fingerprint density at radius 1 is 0.500 bits per heavy atom. The average molecular weight is 593 g/mol. The van der Waals surface area contributed by atoms with Gasteiger partial charge in [-0.25, -0.2) is 0 Å². The molecule has 0 aromatic rings. The zero-order valence-corrected chi connectivity index (χ0v) is 23.8. The van der Waals surface area contributed by atoms with Gasteiger partial charge in [0.25, 0.3) is 20.4 Å². The van der Waals surface area contributed by atoms with Gasteiger partial charge in [0.15, 0.2) is 0 Å². The van der Waals surface area contributed by atoms with Crippen LogP contribution in [0.2, 0.25) is 0 Å². The van der Waals surface area contributed by atoms with Gasteiger partial charge in [0.2, 0.25) is 0 Å². The SMILES string of the molecule is C=C(CC=CC=CC)C(=O)[O-].C=C(CC=CC=CC)C(=O)[O-].C=C(CC=CC=CC)C(=O)[O-].[C]=O.[C]=O.[C]=O.[Fe+3]. The van der Waals surface area contributed by atoms with Gasteiger partial charge in [-0.2, -0.15) is 0 Å². The fraction of sp³-hybridized carbons (Fsp3) is 0.200. The fourth-order valence-electron chi connectivity index (χ4n) is 1.45. The van der Waals surface area contributed by atoms with Gasteiger partial charge in [-0.1, -0.05) is 92.6 Å². The third kappa shape index (κ3) is 54.5. The Kier molecular flexibility index (Phi) is 62.2. The molecule has 0 amide bonds. The normalized spacial score (nSPS) is 9.38. The van der Waals surface area contributed by atoms with Gasteiger partial charge >= 0.3 is 17.1 Å². The number of carbonyl (C=O) groups is 3. The second-order valence-corrected chi connectivity index (χ2v) is 6.15. The molecule has 0 aromatic carbocycles. The molecule has 10 heteroatoms. The molecule has 0 heterocycles. The number of hydrogen-bond donors (Lipinski definition) is 0. The van der Waals surface area contributed by atoms with E-state index in [0.29, 0.717) is 19.3 Å². The number of rotatable bonds is 12. The van der Waals surface area contributed by atoms with Crippen LogP contribution < -0.4 is 15.3 Å². The summed E-state index contributed by atoms with van der Waals surface area (Å²) in [4.78, 5) is 52.8. The Labute approximate surface area is 248 Å². The van der Waals surface area contributed by atoms with E-state index >= 15 is 0 Å². The van der Waals surface area contributed by atoms with Crippen molar-refractivity contribution in [1.29, 1.82) is 0 Å². The summed E-state index contributed by atoms with van der Waals surface area (Å²) >= 11 is 0. The maximum Gasteiger partial charge on any atom is 3.00 e. The maximum atomic E-state index is 10.1. The first kappa shape index (κ1) is 52.1. The van der Waals surface area contributed by atoms with E-state index in [1.165, 1.54) is 0 Å². The minimum atomic E-state index is -1.19. The Balaban J connectivity index is -0.0000000735. The van der Waals surface area contributed by atoms with Gasteiger partial charge in [-0.15, -0.1) is 0 Å². The number of allylic oxidation sites excluding steroid dienone is 12. The summed E-state index contributed by atoms with van der Waals surface area (Å²) in [6, 6.07) is 0. The molecule has 0 N–H and O–H groups in total. The third-order valence-electron chi connectivity index (χ3n) is 3.28. The summed E-state index contributed by atoms with van der Waals surface area (Å²) in [5.74, 6) is -3.56. The van der Waals surface area contributed by atoms with Gasteiger partial charge in [-0.3, -0.25) is 14.4 Å². The van der Waals surface area contributed by atoms with Crippen LogP contribution in [0.3, 0.4) is 0 Å². The number of carboxylic acid groups (broad SMARTS) is 3. The van der Waals surface area contributed by atoms with Gasteiger partial charge in [0.05, 0.1) is 17.9 Å². The molecule has 9 nitrogen and oxygen atoms in total. The van der Waals surface area contributed by atoms with Crippen LogP contribution >= 0.6 is 0 Å². The van der Waals surface area contributed by atoms with Crippen molar-refractivity contribution in [3.63, 3.8) is 0 Å². The van der Waals surface area contributed by atoms with Crippen molar-refractivity contribution in [2.75, 3.05) is 0 Å². The van der Waals surface area contributed by atoms with Crippen LogP contribution in [0.15, 0.2) is 109 Å². The van der Waals surface area contributed by atoms with E-state index in [0.717, 1.165) is 0 Å². The molecule has 0 atom stereocenters. The zero-order valence-electron chi connectivity index (χ0n) is 22.7. The molecular formula is C30H33FeO9. The summed E-state index contributed by atoms with van der Waals surface area (Å²) in [7, 11) is 0. The summed E-state index contributed by atoms with van der Waals surface area (Å²) in [6.07, 6.45) is 22.5. The molecule has 215 valence electrons. The van der Waals surface area contributed by atoms with Crippen molar-refractivity contribution in [1.82, 2.24) is 0 Å². The molecule has 0 rings (SSSR count). The number of carbonyl (C=O) groups excluding carboxylic acids is 6. The second-order valence-electron chi connectivity index (χ2n) is 6.15. The van der Waals surface area contributed by atoms with Gasteiger partial charge in [-0.05, 0) is 56.8 Å². The van der Waals surface area contributed by atoms with Crippen molar-refractivity contribution in [2.45, 2.75) is 40.0 Å². The summed E-state index contributed by atoms with van der Waals surface area (Å²) in [5.41, 5.74) is 0.308. The van der Waals surface area contributed by atoms with Gasteiger partial charge < -0.3 is 29.7 Å². The summed E-state index contributed by atoms with van der Waals surface area (Å²) < 4.78 is 0. The Bertz CT molecular complexity index is 763. The molecule has 0 aliphatic rings. The molecule has 0 bridgehead atoms. The number of aliphatic carboxylic acids is 3. The van der Waals surface area contributed by atoms with E-state index in [9.17, 15) is 29.7 Å². The molecule has 0 saturated heterocycles. The van der Waals surface area contributed by atoms with Crippen molar-refractivity contribution >= 4 is 38.3 Å².